The van der Waals surface area contributed by atoms with Gasteiger partial charge in [-0.15, -0.1) is 0 Å². The SMILES string of the molecule is CC(NC(=O)[C@@H]1CCC[C@@H]1CN)c1ccc(-n2cncn2)cc1. The van der Waals surface area contributed by atoms with E-state index in [1.54, 1.807) is 11.0 Å². The third-order valence-corrected chi connectivity index (χ3v) is 4.73. The maximum Gasteiger partial charge on any atom is 0.223 e. The third-order valence-electron chi connectivity index (χ3n) is 4.73. The van der Waals surface area contributed by atoms with Crippen LogP contribution in [0.2, 0.25) is 0 Å². The second-order valence-corrected chi connectivity index (χ2v) is 6.20. The van der Waals surface area contributed by atoms with Crippen molar-refractivity contribution in [3.8, 4) is 5.69 Å². The lowest BCUT2D eigenvalue weighted by atomic mass is 9.94. The van der Waals surface area contributed by atoms with E-state index in [1.165, 1.54) is 6.33 Å². The van der Waals surface area contributed by atoms with Crippen LogP contribution in [0.15, 0.2) is 36.9 Å². The first kappa shape index (κ1) is 15.7. The Kier molecular flexibility index (Phi) is 4.71. The molecule has 0 spiro atoms. The predicted molar refractivity (Wildman–Crippen MR) is 87.8 cm³/mol. The van der Waals surface area contributed by atoms with Crippen molar-refractivity contribution in [1.82, 2.24) is 20.1 Å². The second-order valence-electron chi connectivity index (χ2n) is 6.20. The zero-order valence-electron chi connectivity index (χ0n) is 13.4. The van der Waals surface area contributed by atoms with Crippen molar-refractivity contribution in [3.63, 3.8) is 0 Å². The van der Waals surface area contributed by atoms with E-state index in [-0.39, 0.29) is 17.9 Å². The van der Waals surface area contributed by atoms with E-state index in [2.05, 4.69) is 15.4 Å². The molecule has 1 fully saturated rings. The summed E-state index contributed by atoms with van der Waals surface area (Å²) in [6.07, 6.45) is 6.28. The van der Waals surface area contributed by atoms with Gasteiger partial charge in [0.25, 0.3) is 0 Å². The molecule has 3 atom stereocenters. The average molecular weight is 313 g/mol. The van der Waals surface area contributed by atoms with E-state index in [1.807, 2.05) is 31.2 Å². The van der Waals surface area contributed by atoms with E-state index in [9.17, 15) is 4.79 Å². The predicted octanol–water partition coefficient (Wildman–Crippen LogP) is 1.82. The fourth-order valence-electron chi connectivity index (χ4n) is 3.33. The van der Waals surface area contributed by atoms with Gasteiger partial charge in [-0.05, 0) is 49.9 Å². The zero-order chi connectivity index (χ0) is 16.2. The summed E-state index contributed by atoms with van der Waals surface area (Å²) in [6.45, 7) is 2.61. The van der Waals surface area contributed by atoms with Crippen LogP contribution < -0.4 is 11.1 Å². The summed E-state index contributed by atoms with van der Waals surface area (Å²) in [4.78, 5) is 16.4. The van der Waals surface area contributed by atoms with Crippen LogP contribution in [0.5, 0.6) is 0 Å². The van der Waals surface area contributed by atoms with Gasteiger partial charge in [-0.3, -0.25) is 4.79 Å². The average Bonchev–Trinajstić information content (AvgIpc) is 3.26. The minimum absolute atomic E-state index is 0.0219. The Morgan fingerprint density at radius 2 is 2.17 bits per heavy atom. The smallest absolute Gasteiger partial charge is 0.223 e. The molecule has 6 heteroatoms. The van der Waals surface area contributed by atoms with E-state index < -0.39 is 0 Å². The topological polar surface area (TPSA) is 85.8 Å². The first-order chi connectivity index (χ1) is 11.2. The first-order valence-electron chi connectivity index (χ1n) is 8.14. The molecule has 0 bridgehead atoms. The fraction of sp³-hybridized carbons (Fsp3) is 0.471. The molecule has 0 aliphatic heterocycles. The van der Waals surface area contributed by atoms with Gasteiger partial charge in [-0.1, -0.05) is 18.6 Å². The molecule has 0 radical (unpaired) electrons. The highest BCUT2D eigenvalue weighted by atomic mass is 16.2. The van der Waals surface area contributed by atoms with Crippen molar-refractivity contribution < 1.29 is 4.79 Å². The molecule has 6 nitrogen and oxygen atoms in total. The second kappa shape index (κ2) is 6.91. The number of benzene rings is 1. The minimum Gasteiger partial charge on any atom is -0.349 e. The van der Waals surface area contributed by atoms with E-state index >= 15 is 0 Å². The molecule has 1 aliphatic carbocycles. The van der Waals surface area contributed by atoms with Crippen LogP contribution in [-0.2, 0) is 4.79 Å². The van der Waals surface area contributed by atoms with E-state index in [0.29, 0.717) is 12.5 Å². The number of carbonyl (C=O) groups excluding carboxylic acids is 1. The molecule has 1 saturated carbocycles. The number of hydrogen-bond acceptors (Lipinski definition) is 4. The van der Waals surface area contributed by atoms with Crippen molar-refractivity contribution in [2.75, 3.05) is 6.54 Å². The number of nitrogens with one attached hydrogen (secondary N) is 1. The van der Waals surface area contributed by atoms with Crippen LogP contribution in [0, 0.1) is 11.8 Å². The highest BCUT2D eigenvalue weighted by molar-refractivity contribution is 5.79. The van der Waals surface area contributed by atoms with Crippen molar-refractivity contribution in [2.24, 2.45) is 17.6 Å². The molecular weight excluding hydrogens is 290 g/mol. The lowest BCUT2D eigenvalue weighted by Gasteiger charge is -2.21. The van der Waals surface area contributed by atoms with Crippen LogP contribution in [0.25, 0.3) is 5.69 Å². The Balaban J connectivity index is 1.64. The van der Waals surface area contributed by atoms with Gasteiger partial charge in [0, 0.05) is 5.92 Å². The van der Waals surface area contributed by atoms with E-state index in [0.717, 1.165) is 30.5 Å². The molecule has 1 heterocycles. The van der Waals surface area contributed by atoms with Gasteiger partial charge in [0.2, 0.25) is 5.91 Å². The number of nitrogens with zero attached hydrogens (tertiary/aromatic N) is 3. The highest BCUT2D eigenvalue weighted by Crippen LogP contribution is 2.31. The monoisotopic (exact) mass is 313 g/mol. The molecule has 3 rings (SSSR count). The first-order valence-corrected chi connectivity index (χ1v) is 8.14. The highest BCUT2D eigenvalue weighted by Gasteiger charge is 2.32. The van der Waals surface area contributed by atoms with Crippen LogP contribution in [-0.4, -0.2) is 27.2 Å². The molecular formula is C17H23N5O. The molecule has 23 heavy (non-hydrogen) atoms. The third kappa shape index (κ3) is 3.42. The number of nitrogens with two attached hydrogens (primary N) is 1. The van der Waals surface area contributed by atoms with Gasteiger partial charge in [0.05, 0.1) is 11.7 Å². The molecule has 1 aromatic carbocycles. The molecule has 0 saturated heterocycles. The van der Waals surface area contributed by atoms with Crippen molar-refractivity contribution in [3.05, 3.63) is 42.5 Å². The molecule has 1 aliphatic rings. The lowest BCUT2D eigenvalue weighted by Crippen LogP contribution is -2.36. The van der Waals surface area contributed by atoms with Crippen LogP contribution >= 0.6 is 0 Å². The molecule has 1 aromatic heterocycles. The summed E-state index contributed by atoms with van der Waals surface area (Å²) in [5, 5.41) is 7.23. The lowest BCUT2D eigenvalue weighted by molar-refractivity contribution is -0.126. The van der Waals surface area contributed by atoms with Crippen molar-refractivity contribution in [2.45, 2.75) is 32.2 Å². The molecule has 1 unspecified atom stereocenters. The Morgan fingerprint density at radius 1 is 1.39 bits per heavy atom. The van der Waals surface area contributed by atoms with Crippen LogP contribution in [0.1, 0.15) is 37.8 Å². The number of carbonyl (C=O) groups is 1. The minimum atomic E-state index is -0.0219. The largest absolute Gasteiger partial charge is 0.349 e. The summed E-state index contributed by atoms with van der Waals surface area (Å²) in [7, 11) is 0. The van der Waals surface area contributed by atoms with Gasteiger partial charge < -0.3 is 11.1 Å². The zero-order valence-corrected chi connectivity index (χ0v) is 13.4. The molecule has 122 valence electrons. The standard InChI is InChI=1S/C17H23N5O/c1-12(21-17(23)16-4-2-3-14(16)9-18)13-5-7-15(8-6-13)22-11-19-10-20-22/h5-8,10-12,14,16H,2-4,9,18H2,1H3,(H,21,23)/t12?,14-,16-/m1/s1. The van der Waals surface area contributed by atoms with E-state index in [4.69, 9.17) is 5.73 Å². The fourth-order valence-corrected chi connectivity index (χ4v) is 3.33. The maximum absolute atomic E-state index is 12.5. The Bertz CT molecular complexity index is 638. The van der Waals surface area contributed by atoms with Gasteiger partial charge in [0.15, 0.2) is 0 Å². The number of aromatic nitrogens is 3. The summed E-state index contributed by atoms with van der Waals surface area (Å²) in [6, 6.07) is 7.95. The van der Waals surface area contributed by atoms with Gasteiger partial charge in [0.1, 0.15) is 12.7 Å². The van der Waals surface area contributed by atoms with Crippen LogP contribution in [0.3, 0.4) is 0 Å². The summed E-state index contributed by atoms with van der Waals surface area (Å²) in [5.41, 5.74) is 7.80. The summed E-state index contributed by atoms with van der Waals surface area (Å²) < 4.78 is 1.71. The normalized spacial score (nSPS) is 22.0. The van der Waals surface area contributed by atoms with Crippen molar-refractivity contribution >= 4 is 5.91 Å². The maximum atomic E-state index is 12.5. The van der Waals surface area contributed by atoms with Gasteiger partial charge in [-0.2, -0.15) is 5.10 Å². The van der Waals surface area contributed by atoms with Gasteiger partial charge in [-0.25, -0.2) is 9.67 Å². The number of hydrogen-bond donors (Lipinski definition) is 2. The summed E-state index contributed by atoms with van der Waals surface area (Å²) in [5.74, 6) is 0.527. The molecule has 2 aromatic rings. The Hall–Kier alpha value is -2.21. The Labute approximate surface area is 136 Å². The number of rotatable bonds is 5. The number of amides is 1. The molecule has 1 amide bonds. The van der Waals surface area contributed by atoms with Gasteiger partial charge >= 0.3 is 0 Å². The summed E-state index contributed by atoms with van der Waals surface area (Å²) >= 11 is 0. The Morgan fingerprint density at radius 3 is 2.83 bits per heavy atom. The molecule has 3 N–H and O–H groups in total. The van der Waals surface area contributed by atoms with Crippen LogP contribution in [0.4, 0.5) is 0 Å². The quantitative estimate of drug-likeness (QED) is 0.881. The van der Waals surface area contributed by atoms with Crippen molar-refractivity contribution in [1.29, 1.82) is 0 Å².